The molecule has 40 heavy (non-hydrogen) atoms. The van der Waals surface area contributed by atoms with Crippen molar-refractivity contribution in [3.8, 4) is 23.0 Å². The number of ether oxygens (including phenoxy) is 5. The average molecular weight is 555 g/mol. The van der Waals surface area contributed by atoms with Gasteiger partial charge in [-0.15, -0.1) is 0 Å². The average Bonchev–Trinajstić information content (AvgIpc) is 3.21. The van der Waals surface area contributed by atoms with E-state index in [4.69, 9.17) is 23.7 Å². The zero-order valence-electron chi connectivity index (χ0n) is 24.0. The lowest BCUT2D eigenvalue weighted by molar-refractivity contribution is -0.140. The summed E-state index contributed by atoms with van der Waals surface area (Å²) in [4.78, 5) is 30.7. The first-order valence-electron chi connectivity index (χ1n) is 13.4. The minimum Gasteiger partial charge on any atom is -0.507 e. The van der Waals surface area contributed by atoms with Gasteiger partial charge in [-0.1, -0.05) is 0 Å². The highest BCUT2D eigenvalue weighted by Gasteiger charge is 2.46. The maximum absolute atomic E-state index is 13.5. The molecular weight excluding hydrogens is 516 g/mol. The second kappa shape index (κ2) is 12.6. The third-order valence-corrected chi connectivity index (χ3v) is 7.11. The molecule has 0 aliphatic carbocycles. The molecule has 10 nitrogen and oxygen atoms in total. The number of ketones is 1. The molecule has 0 aromatic heterocycles. The number of nitrogens with zero attached hydrogens (tertiary/aromatic N) is 2. The number of Topliss-reactive ketones (excluding diaryl/α,β-unsaturated/α-hetero) is 1. The summed E-state index contributed by atoms with van der Waals surface area (Å²) in [5.74, 6) is 0.131. The van der Waals surface area contributed by atoms with E-state index in [2.05, 4.69) is 4.90 Å². The smallest absolute Gasteiger partial charge is 0.295 e. The highest BCUT2D eigenvalue weighted by atomic mass is 16.5. The van der Waals surface area contributed by atoms with Crippen LogP contribution in [0.1, 0.15) is 36.6 Å². The fourth-order valence-electron chi connectivity index (χ4n) is 5.13. The Bertz CT molecular complexity index is 1260. The van der Waals surface area contributed by atoms with E-state index in [1.54, 1.807) is 30.3 Å². The number of aryl methyl sites for hydroxylation is 1. The Morgan fingerprint density at radius 2 is 1.62 bits per heavy atom. The van der Waals surface area contributed by atoms with Gasteiger partial charge < -0.3 is 33.7 Å². The highest BCUT2D eigenvalue weighted by Crippen LogP contribution is 2.45. The van der Waals surface area contributed by atoms with Gasteiger partial charge in [0.1, 0.15) is 11.5 Å². The van der Waals surface area contributed by atoms with Crippen molar-refractivity contribution in [1.82, 2.24) is 9.80 Å². The molecule has 2 aliphatic heterocycles. The molecule has 0 radical (unpaired) electrons. The maximum Gasteiger partial charge on any atom is 0.295 e. The summed E-state index contributed by atoms with van der Waals surface area (Å²) in [7, 11) is 4.50. The molecule has 0 saturated carbocycles. The predicted octanol–water partition coefficient (Wildman–Crippen LogP) is 3.56. The molecule has 2 saturated heterocycles. The summed E-state index contributed by atoms with van der Waals surface area (Å²) in [5.41, 5.74) is 1.76. The minimum atomic E-state index is -0.873. The Morgan fingerprint density at radius 1 is 0.975 bits per heavy atom. The van der Waals surface area contributed by atoms with Crippen molar-refractivity contribution in [3.05, 3.63) is 52.6 Å². The largest absolute Gasteiger partial charge is 0.507 e. The SMILES string of the molecule is COc1cc([C@H]2C(=C(O)c3ccc(OC(C)C)c(C)c3)C(=O)C(=O)N2CCN2CCOCC2)cc(OC)c1OC. The van der Waals surface area contributed by atoms with E-state index in [0.29, 0.717) is 53.9 Å². The van der Waals surface area contributed by atoms with Crippen LogP contribution in [0.5, 0.6) is 23.0 Å². The molecule has 0 bridgehead atoms. The Balaban J connectivity index is 1.83. The van der Waals surface area contributed by atoms with E-state index in [1.165, 1.54) is 26.2 Å². The predicted molar refractivity (Wildman–Crippen MR) is 149 cm³/mol. The van der Waals surface area contributed by atoms with E-state index in [1.807, 2.05) is 20.8 Å². The third-order valence-electron chi connectivity index (χ3n) is 7.11. The molecule has 0 unspecified atom stereocenters. The Morgan fingerprint density at radius 3 is 2.17 bits per heavy atom. The number of likely N-dealkylation sites (tertiary alicyclic amines) is 1. The number of hydrogen-bond acceptors (Lipinski definition) is 9. The summed E-state index contributed by atoms with van der Waals surface area (Å²) in [5, 5.41) is 11.6. The number of morpholine rings is 1. The molecule has 216 valence electrons. The van der Waals surface area contributed by atoms with Gasteiger partial charge in [-0.3, -0.25) is 14.5 Å². The van der Waals surface area contributed by atoms with Crippen LogP contribution in [0.3, 0.4) is 0 Å². The van der Waals surface area contributed by atoms with Gasteiger partial charge in [0, 0.05) is 31.7 Å². The monoisotopic (exact) mass is 554 g/mol. The molecule has 2 aliphatic rings. The van der Waals surface area contributed by atoms with Gasteiger partial charge in [-0.25, -0.2) is 0 Å². The summed E-state index contributed by atoms with van der Waals surface area (Å²) in [6.07, 6.45) is -0.0185. The number of carbonyl (C=O) groups excluding carboxylic acids is 2. The van der Waals surface area contributed by atoms with Crippen molar-refractivity contribution < 1.29 is 38.4 Å². The summed E-state index contributed by atoms with van der Waals surface area (Å²) in [6.45, 7) is 9.28. The second-order valence-electron chi connectivity index (χ2n) is 10.1. The number of aliphatic hydroxyl groups is 1. The van der Waals surface area contributed by atoms with Crippen molar-refractivity contribution in [3.63, 3.8) is 0 Å². The second-order valence-corrected chi connectivity index (χ2v) is 10.1. The minimum absolute atomic E-state index is 0.00169. The van der Waals surface area contributed by atoms with Crippen LogP contribution < -0.4 is 18.9 Å². The number of hydrogen-bond donors (Lipinski definition) is 1. The van der Waals surface area contributed by atoms with Crippen molar-refractivity contribution >= 4 is 17.4 Å². The van der Waals surface area contributed by atoms with E-state index in [9.17, 15) is 14.7 Å². The first kappa shape index (κ1) is 29.2. The topological polar surface area (TPSA) is 107 Å². The number of benzene rings is 2. The van der Waals surface area contributed by atoms with E-state index < -0.39 is 17.7 Å². The number of aliphatic hydroxyl groups excluding tert-OH is 1. The summed E-state index contributed by atoms with van der Waals surface area (Å²) < 4.78 is 27.9. The fraction of sp³-hybridized carbons (Fsp3) is 0.467. The molecule has 1 N–H and O–H groups in total. The van der Waals surface area contributed by atoms with Gasteiger partial charge in [-0.2, -0.15) is 0 Å². The van der Waals surface area contributed by atoms with Gasteiger partial charge in [0.2, 0.25) is 5.75 Å². The van der Waals surface area contributed by atoms with Gasteiger partial charge in [-0.05, 0) is 62.2 Å². The summed E-state index contributed by atoms with van der Waals surface area (Å²) in [6, 6.07) is 7.73. The lowest BCUT2D eigenvalue weighted by Crippen LogP contribution is -2.42. The van der Waals surface area contributed by atoms with Crippen LogP contribution in [0.25, 0.3) is 5.76 Å². The number of carbonyl (C=O) groups is 2. The molecule has 2 fully saturated rings. The van der Waals surface area contributed by atoms with Crippen LogP contribution >= 0.6 is 0 Å². The number of amides is 1. The first-order valence-corrected chi connectivity index (χ1v) is 13.4. The highest BCUT2D eigenvalue weighted by molar-refractivity contribution is 6.46. The zero-order valence-corrected chi connectivity index (χ0v) is 24.0. The maximum atomic E-state index is 13.5. The van der Waals surface area contributed by atoms with E-state index >= 15 is 0 Å². The van der Waals surface area contributed by atoms with Crippen LogP contribution in [0.2, 0.25) is 0 Å². The molecule has 1 atom stereocenters. The molecule has 10 heteroatoms. The van der Waals surface area contributed by atoms with Crippen LogP contribution in [0.4, 0.5) is 0 Å². The molecule has 1 amide bonds. The lowest BCUT2D eigenvalue weighted by Gasteiger charge is -2.31. The standard InChI is InChI=1S/C30H38N2O8/c1-18(2)40-22-8-7-20(15-19(22)3)27(33)25-26(21-16-23(36-4)29(38-6)24(17-21)37-5)32(30(35)28(25)34)10-9-31-11-13-39-14-12-31/h7-8,15-18,26,33H,9-14H2,1-6H3/t26-/m0/s1. The third kappa shape index (κ3) is 5.88. The summed E-state index contributed by atoms with van der Waals surface area (Å²) >= 11 is 0. The van der Waals surface area contributed by atoms with E-state index in [0.717, 1.165) is 18.7 Å². The van der Waals surface area contributed by atoms with Crippen LogP contribution in [-0.4, -0.2) is 93.4 Å². The molecule has 2 heterocycles. The quantitative estimate of drug-likeness (QED) is 0.268. The molecule has 2 aromatic rings. The van der Waals surface area contributed by atoms with Crippen molar-refractivity contribution in [2.24, 2.45) is 0 Å². The van der Waals surface area contributed by atoms with Crippen molar-refractivity contribution in [1.29, 1.82) is 0 Å². The van der Waals surface area contributed by atoms with Crippen LogP contribution in [-0.2, 0) is 14.3 Å². The van der Waals surface area contributed by atoms with Crippen molar-refractivity contribution in [2.45, 2.75) is 32.9 Å². The zero-order chi connectivity index (χ0) is 29.0. The Kier molecular flexibility index (Phi) is 9.21. The van der Waals surface area contributed by atoms with Gasteiger partial charge in [0.15, 0.2) is 11.5 Å². The molecule has 2 aromatic carbocycles. The van der Waals surface area contributed by atoms with Crippen LogP contribution in [0, 0.1) is 6.92 Å². The number of rotatable bonds is 10. The van der Waals surface area contributed by atoms with Crippen LogP contribution in [0.15, 0.2) is 35.9 Å². The van der Waals surface area contributed by atoms with E-state index in [-0.39, 0.29) is 24.0 Å². The fourth-order valence-corrected chi connectivity index (χ4v) is 5.13. The normalized spacial score (nSPS) is 19.3. The molecule has 4 rings (SSSR count). The van der Waals surface area contributed by atoms with Gasteiger partial charge >= 0.3 is 0 Å². The van der Waals surface area contributed by atoms with Gasteiger partial charge in [0.05, 0.1) is 52.3 Å². The number of methoxy groups -OCH3 is 3. The van der Waals surface area contributed by atoms with Crippen molar-refractivity contribution in [2.75, 3.05) is 60.7 Å². The molecule has 0 spiro atoms. The lowest BCUT2D eigenvalue weighted by atomic mass is 9.94. The first-order chi connectivity index (χ1) is 19.2. The Hall–Kier alpha value is -3.76. The molecular formula is C30H38N2O8. The Labute approximate surface area is 235 Å². The van der Waals surface area contributed by atoms with Gasteiger partial charge in [0.25, 0.3) is 11.7 Å².